The van der Waals surface area contributed by atoms with Crippen molar-refractivity contribution in [1.29, 1.82) is 0 Å². The quantitative estimate of drug-likeness (QED) is 0.238. The van der Waals surface area contributed by atoms with E-state index in [2.05, 4.69) is 15.5 Å². The monoisotopic (exact) mass is 531 g/mol. The van der Waals surface area contributed by atoms with Gasteiger partial charge in [-0.05, 0) is 48.0 Å². The molecule has 0 saturated carbocycles. The van der Waals surface area contributed by atoms with Crippen LogP contribution in [-0.2, 0) is 16.1 Å². The van der Waals surface area contributed by atoms with Crippen LogP contribution in [0.2, 0.25) is 0 Å². The van der Waals surface area contributed by atoms with Gasteiger partial charge in [-0.2, -0.15) is 4.98 Å². The van der Waals surface area contributed by atoms with Crippen molar-refractivity contribution in [2.75, 3.05) is 25.0 Å². The predicted molar refractivity (Wildman–Crippen MR) is 140 cm³/mol. The normalized spacial score (nSPS) is 22.8. The van der Waals surface area contributed by atoms with Gasteiger partial charge in [-0.15, -0.1) is 0 Å². The van der Waals surface area contributed by atoms with E-state index in [0.717, 1.165) is 36.0 Å². The van der Waals surface area contributed by atoms with Crippen molar-refractivity contribution in [3.63, 3.8) is 0 Å². The molecule has 7 nitrogen and oxygen atoms in total. The van der Waals surface area contributed by atoms with Crippen molar-refractivity contribution in [1.82, 2.24) is 10.1 Å². The Morgan fingerprint density at radius 1 is 1.00 bits per heavy atom. The summed E-state index contributed by atoms with van der Waals surface area (Å²) in [6, 6.07) is 20.3. The van der Waals surface area contributed by atoms with Crippen LogP contribution in [0.5, 0.6) is 0 Å². The third kappa shape index (κ3) is 5.54. The van der Waals surface area contributed by atoms with E-state index in [9.17, 15) is 13.6 Å². The summed E-state index contributed by atoms with van der Waals surface area (Å²) in [5.41, 5.74) is 1.85. The van der Waals surface area contributed by atoms with Gasteiger partial charge in [0.2, 0.25) is 5.82 Å². The fourth-order valence-corrected chi connectivity index (χ4v) is 5.79. The molecule has 4 heterocycles. The summed E-state index contributed by atoms with van der Waals surface area (Å²) < 4.78 is 39.9. The Morgan fingerprint density at radius 3 is 2.51 bits per heavy atom. The molecule has 3 aliphatic heterocycles. The number of fused-ring (bicyclic) bond motifs is 3. The van der Waals surface area contributed by atoms with E-state index < -0.39 is 23.6 Å². The van der Waals surface area contributed by atoms with Gasteiger partial charge in [0.1, 0.15) is 24.7 Å². The van der Waals surface area contributed by atoms with Gasteiger partial charge in [0.25, 0.3) is 5.89 Å². The maximum absolute atomic E-state index is 13.8. The first kappa shape index (κ1) is 25.2. The van der Waals surface area contributed by atoms with E-state index in [0.29, 0.717) is 36.1 Å². The second-order valence-corrected chi connectivity index (χ2v) is 10.5. The molecule has 1 unspecified atom stereocenters. The highest BCUT2D eigenvalue weighted by Crippen LogP contribution is 2.38. The van der Waals surface area contributed by atoms with E-state index in [1.165, 1.54) is 24.3 Å². The van der Waals surface area contributed by atoms with Crippen molar-refractivity contribution in [2.24, 2.45) is 5.92 Å². The third-order valence-electron chi connectivity index (χ3n) is 7.85. The number of hydrogen-bond donors (Lipinski definition) is 1. The summed E-state index contributed by atoms with van der Waals surface area (Å²) in [5.74, 6) is 0.0839. The molecule has 9 heteroatoms. The maximum atomic E-state index is 13.8. The number of ether oxygens (including phenoxy) is 1. The number of esters is 1. The second-order valence-electron chi connectivity index (χ2n) is 10.5. The van der Waals surface area contributed by atoms with Crippen LogP contribution in [0.25, 0.3) is 11.5 Å². The van der Waals surface area contributed by atoms with Crippen molar-refractivity contribution in [3.05, 3.63) is 102 Å². The van der Waals surface area contributed by atoms with E-state index in [1.807, 2.05) is 30.3 Å². The number of nitrogens with zero attached hydrogens (tertiary/aromatic N) is 3. The van der Waals surface area contributed by atoms with Crippen molar-refractivity contribution in [2.45, 2.75) is 31.5 Å². The number of carbonyl (C=O) groups excluding carboxylic acids is 1. The Labute approximate surface area is 225 Å². The van der Waals surface area contributed by atoms with E-state index >= 15 is 0 Å². The second kappa shape index (κ2) is 10.6. The Hall–Kier alpha value is -4.11. The fourth-order valence-electron chi connectivity index (χ4n) is 5.79. The number of hydrogen-bond acceptors (Lipinski definition) is 6. The average Bonchev–Trinajstić information content (AvgIpc) is 3.41. The first-order valence-electron chi connectivity index (χ1n) is 13.2. The molecule has 1 N–H and O–H groups in total. The van der Waals surface area contributed by atoms with Crippen LogP contribution in [-0.4, -0.2) is 46.3 Å². The standard InChI is InChI=1S/C30H29F2N4O3/c31-23-11-9-21(10-12-23)28(33-25-8-4-7-24(32)17-25)30(37)38-26-18-36(15-13-20(26)14-16-36)19-27-34-29(39-35-27)22-5-2-1-3-6-22/h1-12,17,20,26,28,33H,13-16,18-19H2/q+1/t20?,26-,28?,36?/m0/s1. The van der Waals surface area contributed by atoms with Gasteiger partial charge in [0.05, 0.1) is 13.1 Å². The molecular weight excluding hydrogens is 502 g/mol. The Morgan fingerprint density at radius 2 is 1.77 bits per heavy atom. The van der Waals surface area contributed by atoms with Gasteiger partial charge >= 0.3 is 5.97 Å². The molecule has 2 atom stereocenters. The van der Waals surface area contributed by atoms with Gasteiger partial charge in [0, 0.05) is 30.0 Å². The number of benzene rings is 3. The number of carbonyl (C=O) groups is 1. The van der Waals surface area contributed by atoms with E-state index in [-0.39, 0.29) is 12.0 Å². The molecular formula is C30H29F2N4O3+. The number of quaternary nitrogens is 1. The summed E-state index contributed by atoms with van der Waals surface area (Å²) in [7, 11) is 0. The molecule has 2 bridgehead atoms. The summed E-state index contributed by atoms with van der Waals surface area (Å²) in [6.45, 7) is 3.16. The molecule has 1 aromatic heterocycles. The van der Waals surface area contributed by atoms with Gasteiger partial charge in [0.15, 0.2) is 12.1 Å². The Bertz CT molecular complexity index is 1440. The zero-order valence-corrected chi connectivity index (χ0v) is 21.3. The van der Waals surface area contributed by atoms with Crippen LogP contribution in [0.3, 0.4) is 0 Å². The summed E-state index contributed by atoms with van der Waals surface area (Å²) >= 11 is 0. The van der Waals surface area contributed by atoms with Gasteiger partial charge in [-0.25, -0.2) is 13.6 Å². The highest BCUT2D eigenvalue weighted by Gasteiger charge is 2.48. The molecule has 4 aromatic rings. The number of halogens is 2. The zero-order chi connectivity index (χ0) is 26.8. The highest BCUT2D eigenvalue weighted by molar-refractivity contribution is 5.81. The lowest BCUT2D eigenvalue weighted by molar-refractivity contribution is -0.958. The van der Waals surface area contributed by atoms with Crippen LogP contribution in [0.15, 0.2) is 83.4 Å². The smallest absolute Gasteiger partial charge is 0.333 e. The molecule has 3 aliphatic rings. The number of rotatable bonds is 8. The van der Waals surface area contributed by atoms with Crippen molar-refractivity contribution >= 4 is 11.7 Å². The first-order valence-corrected chi connectivity index (χ1v) is 13.2. The highest BCUT2D eigenvalue weighted by atomic mass is 19.1. The fraction of sp³-hybridized carbons (Fsp3) is 0.300. The number of piperidine rings is 3. The lowest BCUT2D eigenvalue weighted by Gasteiger charge is -2.51. The summed E-state index contributed by atoms with van der Waals surface area (Å²) in [6.07, 6.45) is 1.58. The van der Waals surface area contributed by atoms with Gasteiger partial charge in [-0.1, -0.05) is 41.6 Å². The Kier molecular flexibility index (Phi) is 6.83. The molecule has 39 heavy (non-hydrogen) atoms. The topological polar surface area (TPSA) is 77.2 Å². The largest absolute Gasteiger partial charge is 0.454 e. The van der Waals surface area contributed by atoms with Gasteiger partial charge in [-0.3, -0.25) is 0 Å². The minimum Gasteiger partial charge on any atom is -0.454 e. The SMILES string of the molecule is O=C(O[C@H]1C[N+]2(Cc3noc(-c4ccccc4)n3)CCC1CC2)C(Nc1cccc(F)c1)c1ccc(F)cc1. The van der Waals surface area contributed by atoms with E-state index in [1.54, 1.807) is 24.3 Å². The molecule has 3 fully saturated rings. The van der Waals surface area contributed by atoms with Crippen LogP contribution in [0, 0.1) is 17.6 Å². The first-order chi connectivity index (χ1) is 19.0. The molecule has 0 spiro atoms. The Balaban J connectivity index is 1.18. The predicted octanol–water partition coefficient (Wildman–Crippen LogP) is 5.52. The zero-order valence-electron chi connectivity index (χ0n) is 21.3. The molecule has 7 rings (SSSR count). The van der Waals surface area contributed by atoms with Crippen LogP contribution in [0.4, 0.5) is 14.5 Å². The molecule has 0 aliphatic carbocycles. The van der Waals surface area contributed by atoms with Gasteiger partial charge < -0.3 is 19.1 Å². The molecule has 200 valence electrons. The van der Waals surface area contributed by atoms with E-state index in [4.69, 9.17) is 9.26 Å². The number of nitrogens with one attached hydrogen (secondary N) is 1. The lowest BCUT2D eigenvalue weighted by atomic mass is 9.83. The maximum Gasteiger partial charge on any atom is 0.333 e. The lowest BCUT2D eigenvalue weighted by Crippen LogP contribution is -2.64. The number of aromatic nitrogens is 2. The average molecular weight is 532 g/mol. The molecule has 0 amide bonds. The van der Waals surface area contributed by atoms with Crippen molar-refractivity contribution < 1.29 is 27.3 Å². The summed E-state index contributed by atoms with van der Waals surface area (Å²) in [4.78, 5) is 18.2. The molecule has 3 saturated heterocycles. The van der Waals surface area contributed by atoms with Crippen molar-refractivity contribution in [3.8, 4) is 11.5 Å². The van der Waals surface area contributed by atoms with Crippen LogP contribution < -0.4 is 5.32 Å². The third-order valence-corrected chi connectivity index (χ3v) is 7.85. The molecule has 0 radical (unpaired) electrons. The van der Waals surface area contributed by atoms with Crippen LogP contribution in [0.1, 0.15) is 30.3 Å². The minimum absolute atomic E-state index is 0.266. The summed E-state index contributed by atoms with van der Waals surface area (Å²) in [5, 5.41) is 7.31. The molecule has 3 aromatic carbocycles. The van der Waals surface area contributed by atoms with Crippen LogP contribution >= 0.6 is 0 Å². The minimum atomic E-state index is -0.915. The number of anilines is 1.